The molecule has 1 aliphatic rings. The van der Waals surface area contributed by atoms with Crippen molar-refractivity contribution in [2.45, 2.75) is 44.2 Å². The van der Waals surface area contributed by atoms with Crippen LogP contribution in [0.2, 0.25) is 0 Å². The van der Waals surface area contributed by atoms with Crippen molar-refractivity contribution in [3.8, 4) is 0 Å². The van der Waals surface area contributed by atoms with Gasteiger partial charge in [-0.15, -0.1) is 0 Å². The molecule has 1 fully saturated rings. The highest BCUT2D eigenvalue weighted by atomic mass is 16.5. The van der Waals surface area contributed by atoms with E-state index in [4.69, 9.17) is 10.5 Å². The molecule has 0 bridgehead atoms. The number of nitrogens with two attached hydrogens (primary N) is 1. The van der Waals surface area contributed by atoms with Crippen LogP contribution in [0.5, 0.6) is 0 Å². The van der Waals surface area contributed by atoms with Gasteiger partial charge in [-0.2, -0.15) is 0 Å². The first-order valence-corrected chi connectivity index (χ1v) is 6.93. The molecule has 2 rings (SSSR count). The zero-order valence-corrected chi connectivity index (χ0v) is 11.2. The van der Waals surface area contributed by atoms with E-state index in [-0.39, 0.29) is 11.6 Å². The van der Waals surface area contributed by atoms with Crippen LogP contribution in [-0.4, -0.2) is 18.2 Å². The predicted molar refractivity (Wildman–Crippen MR) is 74.6 cm³/mol. The van der Waals surface area contributed by atoms with Gasteiger partial charge >= 0.3 is 6.09 Å². The number of amides is 1. The number of ether oxygens (including phenoxy) is 1. The molecule has 1 aliphatic carbocycles. The summed E-state index contributed by atoms with van der Waals surface area (Å²) < 4.78 is 5.25. The van der Waals surface area contributed by atoms with Crippen molar-refractivity contribution < 1.29 is 9.53 Å². The van der Waals surface area contributed by atoms with E-state index in [0.717, 1.165) is 31.2 Å². The van der Waals surface area contributed by atoms with Crippen LogP contribution in [0.3, 0.4) is 0 Å². The van der Waals surface area contributed by atoms with E-state index in [9.17, 15) is 4.79 Å². The van der Waals surface area contributed by atoms with Crippen LogP contribution in [0.15, 0.2) is 30.3 Å². The maximum atomic E-state index is 11.9. The van der Waals surface area contributed by atoms with Gasteiger partial charge in [-0.3, -0.25) is 0 Å². The lowest BCUT2D eigenvalue weighted by atomic mass is 9.82. The molecular formula is C15H22N2O2. The lowest BCUT2D eigenvalue weighted by molar-refractivity contribution is 0.119. The molecule has 19 heavy (non-hydrogen) atoms. The number of benzene rings is 1. The molecule has 4 nitrogen and oxygen atoms in total. The van der Waals surface area contributed by atoms with Gasteiger partial charge in [-0.1, -0.05) is 49.6 Å². The monoisotopic (exact) mass is 262 g/mol. The van der Waals surface area contributed by atoms with E-state index >= 15 is 0 Å². The standard InChI is InChI=1S/C15H22N2O2/c16-12-15(9-5-2-6-10-15)17-14(18)19-11-13-7-3-1-4-8-13/h1,3-4,7-8H,2,5-6,9-12,16H2,(H,17,18). The molecule has 1 amide bonds. The van der Waals surface area contributed by atoms with Crippen LogP contribution >= 0.6 is 0 Å². The van der Waals surface area contributed by atoms with E-state index in [0.29, 0.717) is 13.2 Å². The molecule has 1 aromatic carbocycles. The second-order valence-electron chi connectivity index (χ2n) is 5.23. The van der Waals surface area contributed by atoms with Crippen molar-refractivity contribution in [3.05, 3.63) is 35.9 Å². The Morgan fingerprint density at radius 1 is 1.21 bits per heavy atom. The van der Waals surface area contributed by atoms with Crippen LogP contribution in [-0.2, 0) is 11.3 Å². The maximum Gasteiger partial charge on any atom is 0.407 e. The van der Waals surface area contributed by atoms with Crippen LogP contribution in [0.25, 0.3) is 0 Å². The first-order chi connectivity index (χ1) is 9.24. The van der Waals surface area contributed by atoms with Crippen molar-refractivity contribution in [3.63, 3.8) is 0 Å². The summed E-state index contributed by atoms with van der Waals surface area (Å²) >= 11 is 0. The van der Waals surface area contributed by atoms with Gasteiger partial charge in [0.15, 0.2) is 0 Å². The van der Waals surface area contributed by atoms with Gasteiger partial charge in [-0.25, -0.2) is 4.79 Å². The normalized spacial score (nSPS) is 17.7. The van der Waals surface area contributed by atoms with E-state index in [1.54, 1.807) is 0 Å². The van der Waals surface area contributed by atoms with Gasteiger partial charge in [0.25, 0.3) is 0 Å². The molecule has 0 atom stereocenters. The topological polar surface area (TPSA) is 64.3 Å². The molecule has 3 N–H and O–H groups in total. The number of carbonyl (C=O) groups excluding carboxylic acids is 1. The molecule has 0 aromatic heterocycles. The Morgan fingerprint density at radius 3 is 2.53 bits per heavy atom. The number of carbonyl (C=O) groups is 1. The molecule has 104 valence electrons. The van der Waals surface area contributed by atoms with E-state index < -0.39 is 0 Å². The van der Waals surface area contributed by atoms with E-state index in [1.807, 2.05) is 30.3 Å². The highest BCUT2D eigenvalue weighted by Crippen LogP contribution is 2.27. The lowest BCUT2D eigenvalue weighted by Crippen LogP contribution is -2.54. The summed E-state index contributed by atoms with van der Waals surface area (Å²) in [6.07, 6.45) is 5.00. The minimum absolute atomic E-state index is 0.258. The van der Waals surface area contributed by atoms with Crippen LogP contribution in [0.1, 0.15) is 37.7 Å². The molecule has 1 saturated carbocycles. The van der Waals surface area contributed by atoms with E-state index in [2.05, 4.69) is 5.32 Å². The second kappa shape index (κ2) is 6.57. The first-order valence-electron chi connectivity index (χ1n) is 6.93. The Morgan fingerprint density at radius 2 is 1.89 bits per heavy atom. The molecule has 0 saturated heterocycles. The summed E-state index contributed by atoms with van der Waals surface area (Å²) in [5.41, 5.74) is 6.55. The molecule has 0 spiro atoms. The minimum Gasteiger partial charge on any atom is -0.445 e. The third kappa shape index (κ3) is 3.96. The maximum absolute atomic E-state index is 11.9. The molecular weight excluding hydrogens is 240 g/mol. The predicted octanol–water partition coefficient (Wildman–Crippen LogP) is 2.57. The molecule has 1 aromatic rings. The summed E-state index contributed by atoms with van der Waals surface area (Å²) in [4.78, 5) is 11.9. The summed E-state index contributed by atoms with van der Waals surface area (Å²) in [7, 11) is 0. The molecule has 0 heterocycles. The van der Waals surface area contributed by atoms with Gasteiger partial charge < -0.3 is 15.8 Å². The third-order valence-electron chi connectivity index (χ3n) is 3.78. The van der Waals surface area contributed by atoms with Crippen LogP contribution in [0, 0.1) is 0 Å². The van der Waals surface area contributed by atoms with E-state index in [1.165, 1.54) is 6.42 Å². The van der Waals surface area contributed by atoms with Crippen molar-refractivity contribution in [1.82, 2.24) is 5.32 Å². The highest BCUT2D eigenvalue weighted by Gasteiger charge is 2.32. The lowest BCUT2D eigenvalue weighted by Gasteiger charge is -2.36. The SMILES string of the molecule is NCC1(NC(=O)OCc2ccccc2)CCCCC1. The highest BCUT2D eigenvalue weighted by molar-refractivity contribution is 5.68. The molecule has 0 unspecified atom stereocenters. The zero-order chi connectivity index (χ0) is 13.6. The molecule has 0 radical (unpaired) electrons. The summed E-state index contributed by atoms with van der Waals surface area (Å²) in [5.74, 6) is 0. The zero-order valence-electron chi connectivity index (χ0n) is 11.2. The first kappa shape index (κ1) is 13.9. The quantitative estimate of drug-likeness (QED) is 0.876. The number of alkyl carbamates (subject to hydrolysis) is 1. The Balaban J connectivity index is 1.83. The fourth-order valence-corrected chi connectivity index (χ4v) is 2.58. The summed E-state index contributed by atoms with van der Waals surface area (Å²) in [6.45, 7) is 0.779. The average Bonchev–Trinajstić information content (AvgIpc) is 2.47. The Hall–Kier alpha value is -1.55. The second-order valence-corrected chi connectivity index (χ2v) is 5.23. The number of nitrogens with one attached hydrogen (secondary N) is 1. The van der Waals surface area contributed by atoms with Gasteiger partial charge in [0.1, 0.15) is 6.61 Å². The number of rotatable bonds is 4. The Kier molecular flexibility index (Phi) is 4.80. The summed E-state index contributed by atoms with van der Waals surface area (Å²) in [6, 6.07) is 9.67. The smallest absolute Gasteiger partial charge is 0.407 e. The third-order valence-corrected chi connectivity index (χ3v) is 3.78. The largest absolute Gasteiger partial charge is 0.445 e. The van der Waals surface area contributed by atoms with Crippen molar-refractivity contribution in [1.29, 1.82) is 0 Å². The Bertz CT molecular complexity index is 400. The fourth-order valence-electron chi connectivity index (χ4n) is 2.58. The van der Waals surface area contributed by atoms with Gasteiger partial charge in [0, 0.05) is 6.54 Å². The minimum atomic E-state index is -0.365. The van der Waals surface area contributed by atoms with Crippen molar-refractivity contribution >= 4 is 6.09 Å². The van der Waals surface area contributed by atoms with Gasteiger partial charge in [0.2, 0.25) is 0 Å². The average molecular weight is 262 g/mol. The number of hydrogen-bond acceptors (Lipinski definition) is 3. The fraction of sp³-hybridized carbons (Fsp3) is 0.533. The van der Waals surface area contributed by atoms with Crippen LogP contribution < -0.4 is 11.1 Å². The Labute approximate surface area is 114 Å². The molecule has 0 aliphatic heterocycles. The molecule has 4 heteroatoms. The van der Waals surface area contributed by atoms with Crippen LogP contribution in [0.4, 0.5) is 4.79 Å². The van der Waals surface area contributed by atoms with Crippen molar-refractivity contribution in [2.24, 2.45) is 5.73 Å². The number of hydrogen-bond donors (Lipinski definition) is 2. The van der Waals surface area contributed by atoms with Gasteiger partial charge in [-0.05, 0) is 18.4 Å². The van der Waals surface area contributed by atoms with Crippen molar-refractivity contribution in [2.75, 3.05) is 6.54 Å². The summed E-state index contributed by atoms with van der Waals surface area (Å²) in [5, 5.41) is 2.97. The van der Waals surface area contributed by atoms with Gasteiger partial charge in [0.05, 0.1) is 5.54 Å².